The van der Waals surface area contributed by atoms with Crippen LogP contribution in [0.25, 0.3) is 0 Å². The van der Waals surface area contributed by atoms with Crippen molar-refractivity contribution in [1.29, 1.82) is 0 Å². The van der Waals surface area contributed by atoms with Gasteiger partial charge in [0.1, 0.15) is 6.04 Å². The van der Waals surface area contributed by atoms with Crippen molar-refractivity contribution in [2.75, 3.05) is 7.11 Å². The van der Waals surface area contributed by atoms with E-state index in [0.29, 0.717) is 6.42 Å². The highest BCUT2D eigenvalue weighted by molar-refractivity contribution is 5.87. The summed E-state index contributed by atoms with van der Waals surface area (Å²) in [5.41, 5.74) is 6.92. The molecule has 0 radical (unpaired) electrons. The van der Waals surface area contributed by atoms with Crippen LogP contribution < -0.4 is 11.1 Å². The molecular formula is C14H20N2O3. The lowest BCUT2D eigenvalue weighted by molar-refractivity contribution is -0.144. The summed E-state index contributed by atoms with van der Waals surface area (Å²) >= 11 is 0. The molecule has 1 amide bonds. The molecule has 0 aromatic heterocycles. The fourth-order valence-electron chi connectivity index (χ4n) is 1.65. The van der Waals surface area contributed by atoms with Gasteiger partial charge in [-0.3, -0.25) is 4.79 Å². The average Bonchev–Trinajstić information content (AvgIpc) is 2.44. The maximum atomic E-state index is 11.8. The number of methoxy groups -OCH3 is 1. The highest BCUT2D eigenvalue weighted by Gasteiger charge is 2.20. The Kier molecular flexibility index (Phi) is 6.02. The molecule has 5 heteroatoms. The van der Waals surface area contributed by atoms with E-state index in [2.05, 4.69) is 10.1 Å². The van der Waals surface area contributed by atoms with Gasteiger partial charge in [-0.15, -0.1) is 0 Å². The molecule has 0 heterocycles. The van der Waals surface area contributed by atoms with Gasteiger partial charge in [-0.25, -0.2) is 4.79 Å². The summed E-state index contributed by atoms with van der Waals surface area (Å²) in [7, 11) is 1.28. The summed E-state index contributed by atoms with van der Waals surface area (Å²) in [5, 5.41) is 2.53. The lowest BCUT2D eigenvalue weighted by Gasteiger charge is -2.15. The second-order valence-corrected chi connectivity index (χ2v) is 4.38. The zero-order valence-electron chi connectivity index (χ0n) is 11.3. The van der Waals surface area contributed by atoms with Crippen LogP contribution >= 0.6 is 0 Å². The van der Waals surface area contributed by atoms with E-state index in [9.17, 15) is 9.59 Å². The Labute approximate surface area is 113 Å². The lowest BCUT2D eigenvalue weighted by atomic mass is 10.1. The minimum absolute atomic E-state index is 0.339. The molecule has 104 valence electrons. The summed E-state index contributed by atoms with van der Waals surface area (Å²) in [5.74, 6) is -0.822. The highest BCUT2D eigenvalue weighted by atomic mass is 16.5. The molecule has 0 saturated carbocycles. The first-order chi connectivity index (χ1) is 9.04. The van der Waals surface area contributed by atoms with Crippen LogP contribution in [0.5, 0.6) is 0 Å². The summed E-state index contributed by atoms with van der Waals surface area (Å²) in [6, 6.07) is 8.49. The van der Waals surface area contributed by atoms with Crippen LogP contribution in [0.1, 0.15) is 18.9 Å². The SMILES string of the molecule is COC(=O)[C@H](C)NC(=O)[C@@H](N)CCc1ccccc1. The van der Waals surface area contributed by atoms with Gasteiger partial charge >= 0.3 is 5.97 Å². The molecule has 5 nitrogen and oxygen atoms in total. The third kappa shape index (κ3) is 5.09. The number of hydrogen-bond donors (Lipinski definition) is 2. The standard InChI is InChI=1S/C14H20N2O3/c1-10(14(18)19-2)16-13(17)12(15)9-8-11-6-4-3-5-7-11/h3-7,10,12H,8-9,15H2,1-2H3,(H,16,17)/t10-,12-/m0/s1. The Morgan fingerprint density at radius 2 is 1.95 bits per heavy atom. The fraction of sp³-hybridized carbons (Fsp3) is 0.429. The molecule has 0 unspecified atom stereocenters. The second kappa shape index (κ2) is 7.53. The quantitative estimate of drug-likeness (QED) is 0.738. The van der Waals surface area contributed by atoms with Gasteiger partial charge in [0.15, 0.2) is 0 Å². The van der Waals surface area contributed by atoms with Crippen LogP contribution in [0.15, 0.2) is 30.3 Å². The zero-order chi connectivity index (χ0) is 14.3. The van der Waals surface area contributed by atoms with Crippen molar-refractivity contribution in [3.8, 4) is 0 Å². The Balaban J connectivity index is 2.39. The predicted molar refractivity (Wildman–Crippen MR) is 72.4 cm³/mol. The van der Waals surface area contributed by atoms with Crippen molar-refractivity contribution in [3.05, 3.63) is 35.9 Å². The molecule has 0 aliphatic rings. The Morgan fingerprint density at radius 3 is 2.53 bits per heavy atom. The number of carbonyl (C=O) groups excluding carboxylic acids is 2. The number of esters is 1. The van der Waals surface area contributed by atoms with Crippen molar-refractivity contribution in [2.45, 2.75) is 31.8 Å². The number of carbonyl (C=O) groups is 2. The molecular weight excluding hydrogens is 244 g/mol. The number of amides is 1. The average molecular weight is 264 g/mol. The molecule has 0 aliphatic carbocycles. The first kappa shape index (κ1) is 15.2. The zero-order valence-corrected chi connectivity index (χ0v) is 11.3. The number of nitrogens with two attached hydrogens (primary N) is 1. The maximum Gasteiger partial charge on any atom is 0.328 e. The van der Waals surface area contributed by atoms with E-state index in [1.165, 1.54) is 7.11 Å². The van der Waals surface area contributed by atoms with Crippen LogP contribution in [0.4, 0.5) is 0 Å². The van der Waals surface area contributed by atoms with Gasteiger partial charge in [-0.05, 0) is 25.3 Å². The number of hydrogen-bond acceptors (Lipinski definition) is 4. The van der Waals surface area contributed by atoms with Gasteiger partial charge in [0.25, 0.3) is 0 Å². The number of benzene rings is 1. The van der Waals surface area contributed by atoms with Gasteiger partial charge < -0.3 is 15.8 Å². The van der Waals surface area contributed by atoms with E-state index >= 15 is 0 Å². The fourth-order valence-corrected chi connectivity index (χ4v) is 1.65. The van der Waals surface area contributed by atoms with Crippen molar-refractivity contribution in [1.82, 2.24) is 5.32 Å². The van der Waals surface area contributed by atoms with Gasteiger partial charge in [-0.2, -0.15) is 0 Å². The van der Waals surface area contributed by atoms with Crippen molar-refractivity contribution < 1.29 is 14.3 Å². The largest absolute Gasteiger partial charge is 0.467 e. The third-order valence-corrected chi connectivity index (χ3v) is 2.84. The molecule has 0 aliphatic heterocycles. The van der Waals surface area contributed by atoms with Crippen molar-refractivity contribution >= 4 is 11.9 Å². The first-order valence-corrected chi connectivity index (χ1v) is 6.22. The van der Waals surface area contributed by atoms with Gasteiger partial charge in [0.2, 0.25) is 5.91 Å². The van der Waals surface area contributed by atoms with Gasteiger partial charge in [0, 0.05) is 0 Å². The van der Waals surface area contributed by atoms with E-state index < -0.39 is 18.1 Å². The van der Waals surface area contributed by atoms with E-state index in [-0.39, 0.29) is 5.91 Å². The van der Waals surface area contributed by atoms with Crippen molar-refractivity contribution in [2.24, 2.45) is 5.73 Å². The summed E-state index contributed by atoms with van der Waals surface area (Å²) < 4.78 is 4.53. The predicted octanol–water partition coefficient (Wildman–Crippen LogP) is 0.624. The summed E-state index contributed by atoms with van der Waals surface area (Å²) in [6.07, 6.45) is 1.26. The van der Waals surface area contributed by atoms with E-state index in [0.717, 1.165) is 12.0 Å². The molecule has 0 fully saturated rings. The molecule has 0 spiro atoms. The normalized spacial score (nSPS) is 13.4. The number of rotatable bonds is 6. The lowest BCUT2D eigenvalue weighted by Crippen LogP contribution is -2.47. The number of nitrogens with one attached hydrogen (secondary N) is 1. The number of aryl methyl sites for hydroxylation is 1. The van der Waals surface area contributed by atoms with Crippen LogP contribution in [-0.2, 0) is 20.7 Å². The first-order valence-electron chi connectivity index (χ1n) is 6.22. The Bertz CT molecular complexity index is 420. The molecule has 0 saturated heterocycles. The smallest absolute Gasteiger partial charge is 0.328 e. The van der Waals surface area contributed by atoms with E-state index in [1.807, 2.05) is 30.3 Å². The van der Waals surface area contributed by atoms with Gasteiger partial charge in [-0.1, -0.05) is 30.3 Å². The minimum Gasteiger partial charge on any atom is -0.467 e. The topological polar surface area (TPSA) is 81.4 Å². The molecule has 1 aromatic carbocycles. The molecule has 2 atom stereocenters. The Morgan fingerprint density at radius 1 is 1.32 bits per heavy atom. The van der Waals surface area contributed by atoms with Crippen molar-refractivity contribution in [3.63, 3.8) is 0 Å². The van der Waals surface area contributed by atoms with Gasteiger partial charge in [0.05, 0.1) is 13.2 Å². The van der Waals surface area contributed by atoms with E-state index in [1.54, 1.807) is 6.92 Å². The molecule has 19 heavy (non-hydrogen) atoms. The maximum absolute atomic E-state index is 11.8. The molecule has 3 N–H and O–H groups in total. The Hall–Kier alpha value is -1.88. The molecule has 0 bridgehead atoms. The van der Waals surface area contributed by atoms with E-state index in [4.69, 9.17) is 5.73 Å². The monoisotopic (exact) mass is 264 g/mol. The molecule has 1 aromatic rings. The number of ether oxygens (including phenoxy) is 1. The van der Waals surface area contributed by atoms with Crippen LogP contribution in [0, 0.1) is 0 Å². The summed E-state index contributed by atoms with van der Waals surface area (Å²) in [4.78, 5) is 22.9. The minimum atomic E-state index is -0.680. The van der Waals surface area contributed by atoms with Crippen LogP contribution in [0.2, 0.25) is 0 Å². The van der Waals surface area contributed by atoms with Crippen LogP contribution in [0.3, 0.4) is 0 Å². The van der Waals surface area contributed by atoms with Crippen LogP contribution in [-0.4, -0.2) is 31.1 Å². The highest BCUT2D eigenvalue weighted by Crippen LogP contribution is 2.04. The second-order valence-electron chi connectivity index (χ2n) is 4.38. The third-order valence-electron chi connectivity index (χ3n) is 2.84. The molecule has 1 rings (SSSR count). The summed E-state index contributed by atoms with van der Waals surface area (Å²) in [6.45, 7) is 1.56.